The number of likely N-dealkylation sites (tertiary alicyclic amines) is 1. The molecule has 3 aliphatic rings. The van der Waals surface area contributed by atoms with E-state index in [0.717, 1.165) is 37.1 Å². The zero-order chi connectivity index (χ0) is 16.8. The van der Waals surface area contributed by atoms with Crippen molar-refractivity contribution in [1.82, 2.24) is 20.0 Å². The number of carbonyl (C=O) groups excluding carboxylic acids is 2. The molecule has 1 saturated carbocycles. The van der Waals surface area contributed by atoms with Crippen LogP contribution in [-0.4, -0.2) is 65.1 Å². The minimum atomic E-state index is -0.0404. The molecule has 0 bridgehead atoms. The van der Waals surface area contributed by atoms with E-state index in [1.54, 1.807) is 0 Å². The topological polar surface area (TPSA) is 78.5 Å². The second kappa shape index (κ2) is 5.88. The molecule has 4 rings (SSSR count). The molecule has 2 amide bonds. The van der Waals surface area contributed by atoms with Crippen LogP contribution in [0.15, 0.2) is 0 Å². The second-order valence-electron chi connectivity index (χ2n) is 7.37. The van der Waals surface area contributed by atoms with Gasteiger partial charge in [0, 0.05) is 50.8 Å². The minimum Gasteiger partial charge on any atom is -0.376 e. The molecule has 2 aliphatic heterocycles. The van der Waals surface area contributed by atoms with Gasteiger partial charge in [0.2, 0.25) is 5.91 Å². The summed E-state index contributed by atoms with van der Waals surface area (Å²) in [5, 5.41) is 7.23. The molecule has 1 saturated heterocycles. The van der Waals surface area contributed by atoms with E-state index in [1.165, 1.54) is 0 Å². The number of nitrogens with one attached hydrogen (secondary N) is 1. The zero-order valence-electron chi connectivity index (χ0n) is 14.2. The van der Waals surface area contributed by atoms with Gasteiger partial charge in [-0.15, -0.1) is 0 Å². The molecular formula is C17H24N4O3. The normalized spacial score (nSPS) is 29.3. The summed E-state index contributed by atoms with van der Waals surface area (Å²) in [7, 11) is 3.73. The van der Waals surface area contributed by atoms with Gasteiger partial charge in [-0.25, -0.2) is 0 Å². The summed E-state index contributed by atoms with van der Waals surface area (Å²) in [6, 6.07) is 0.184. The van der Waals surface area contributed by atoms with Gasteiger partial charge in [-0.3, -0.25) is 14.7 Å². The van der Waals surface area contributed by atoms with E-state index in [0.29, 0.717) is 37.2 Å². The Morgan fingerprint density at radius 1 is 1.38 bits per heavy atom. The van der Waals surface area contributed by atoms with Crippen LogP contribution in [-0.2, 0) is 22.6 Å². The van der Waals surface area contributed by atoms with Crippen LogP contribution in [0.4, 0.5) is 0 Å². The van der Waals surface area contributed by atoms with Crippen LogP contribution in [0.2, 0.25) is 0 Å². The SMILES string of the molecule is CN1C[C@@H]2C[C@H](N(C)C(=O)c3n[nH]c4c3COCC4)C[C@@H]2CC1=O. The number of hydrogen-bond acceptors (Lipinski definition) is 4. The Morgan fingerprint density at radius 3 is 3.00 bits per heavy atom. The van der Waals surface area contributed by atoms with Gasteiger partial charge >= 0.3 is 0 Å². The van der Waals surface area contributed by atoms with E-state index in [2.05, 4.69) is 10.2 Å². The predicted molar refractivity (Wildman–Crippen MR) is 86.3 cm³/mol. The van der Waals surface area contributed by atoms with Crippen molar-refractivity contribution >= 4 is 11.8 Å². The lowest BCUT2D eigenvalue weighted by atomic mass is 9.88. The first-order valence-corrected chi connectivity index (χ1v) is 8.69. The summed E-state index contributed by atoms with van der Waals surface area (Å²) >= 11 is 0. The third kappa shape index (κ3) is 2.51. The Kier molecular flexibility index (Phi) is 3.83. The minimum absolute atomic E-state index is 0.0404. The lowest BCUT2D eigenvalue weighted by Crippen LogP contribution is -2.40. The number of piperidine rings is 1. The number of rotatable bonds is 2. The Balaban J connectivity index is 1.48. The molecular weight excluding hydrogens is 308 g/mol. The lowest BCUT2D eigenvalue weighted by Gasteiger charge is -2.31. The molecule has 0 radical (unpaired) electrons. The van der Waals surface area contributed by atoms with E-state index >= 15 is 0 Å². The molecule has 7 heteroatoms. The van der Waals surface area contributed by atoms with E-state index in [1.807, 2.05) is 23.9 Å². The number of amides is 2. The maximum Gasteiger partial charge on any atom is 0.274 e. The number of hydrogen-bond donors (Lipinski definition) is 1. The van der Waals surface area contributed by atoms with E-state index in [4.69, 9.17) is 4.74 Å². The fraction of sp³-hybridized carbons (Fsp3) is 0.706. The van der Waals surface area contributed by atoms with Crippen LogP contribution in [0.1, 0.15) is 41.0 Å². The third-order valence-electron chi connectivity index (χ3n) is 5.95. The van der Waals surface area contributed by atoms with Crippen molar-refractivity contribution in [2.24, 2.45) is 11.8 Å². The van der Waals surface area contributed by atoms with Crippen LogP contribution in [0, 0.1) is 11.8 Å². The quantitative estimate of drug-likeness (QED) is 0.869. The number of nitrogens with zero attached hydrogens (tertiary/aromatic N) is 3. The van der Waals surface area contributed by atoms with Crippen LogP contribution < -0.4 is 0 Å². The molecule has 7 nitrogen and oxygen atoms in total. The zero-order valence-corrected chi connectivity index (χ0v) is 14.2. The molecule has 130 valence electrons. The molecule has 3 atom stereocenters. The van der Waals surface area contributed by atoms with Crippen molar-refractivity contribution < 1.29 is 14.3 Å². The van der Waals surface area contributed by atoms with Gasteiger partial charge < -0.3 is 14.5 Å². The van der Waals surface area contributed by atoms with Crippen molar-refractivity contribution in [3.63, 3.8) is 0 Å². The third-order valence-corrected chi connectivity index (χ3v) is 5.95. The summed E-state index contributed by atoms with van der Waals surface area (Å²) in [4.78, 5) is 28.5. The lowest BCUT2D eigenvalue weighted by molar-refractivity contribution is -0.134. The maximum atomic E-state index is 12.9. The highest BCUT2D eigenvalue weighted by atomic mass is 16.5. The highest BCUT2D eigenvalue weighted by molar-refractivity contribution is 5.94. The summed E-state index contributed by atoms with van der Waals surface area (Å²) in [5.41, 5.74) is 2.42. The first-order chi connectivity index (χ1) is 11.5. The van der Waals surface area contributed by atoms with Crippen LogP contribution in [0.25, 0.3) is 0 Å². The fourth-order valence-corrected chi connectivity index (χ4v) is 4.43. The molecule has 0 unspecified atom stereocenters. The maximum absolute atomic E-state index is 12.9. The monoisotopic (exact) mass is 332 g/mol. The molecule has 3 heterocycles. The summed E-state index contributed by atoms with van der Waals surface area (Å²) < 4.78 is 5.48. The van der Waals surface area contributed by atoms with Gasteiger partial charge in [0.15, 0.2) is 5.69 Å². The molecule has 24 heavy (non-hydrogen) atoms. The molecule has 1 aliphatic carbocycles. The summed E-state index contributed by atoms with van der Waals surface area (Å²) in [6.45, 7) is 1.94. The number of carbonyl (C=O) groups is 2. The highest BCUT2D eigenvalue weighted by Crippen LogP contribution is 2.40. The van der Waals surface area contributed by atoms with E-state index in [-0.39, 0.29) is 17.9 Å². The number of H-pyrrole nitrogens is 1. The molecule has 0 aromatic carbocycles. The van der Waals surface area contributed by atoms with Gasteiger partial charge in [0.25, 0.3) is 5.91 Å². The standard InChI is InChI=1S/C17H24N4O3/c1-20-8-11-6-12(5-10(11)7-15(20)22)21(2)17(23)16-13-9-24-4-3-14(13)18-19-16/h10-12H,3-9H2,1-2H3,(H,18,19)/t10-,11+,12-/m1/s1. The van der Waals surface area contributed by atoms with Crippen LogP contribution in [0.5, 0.6) is 0 Å². The van der Waals surface area contributed by atoms with Gasteiger partial charge in [0.05, 0.1) is 13.2 Å². The Morgan fingerprint density at radius 2 is 2.17 bits per heavy atom. The summed E-state index contributed by atoms with van der Waals surface area (Å²) in [6.07, 6.45) is 3.27. The van der Waals surface area contributed by atoms with Gasteiger partial charge in [-0.2, -0.15) is 5.10 Å². The first-order valence-electron chi connectivity index (χ1n) is 8.69. The highest BCUT2D eigenvalue weighted by Gasteiger charge is 2.42. The average molecular weight is 332 g/mol. The molecule has 1 aromatic heterocycles. The Labute approximate surface area is 141 Å². The van der Waals surface area contributed by atoms with Gasteiger partial charge in [0.1, 0.15) is 0 Å². The Hall–Kier alpha value is -1.89. The van der Waals surface area contributed by atoms with E-state index in [9.17, 15) is 9.59 Å². The van der Waals surface area contributed by atoms with Crippen LogP contribution in [0.3, 0.4) is 0 Å². The molecule has 1 aromatic rings. The number of aromatic amines is 1. The first kappa shape index (κ1) is 15.6. The van der Waals surface area contributed by atoms with Gasteiger partial charge in [-0.1, -0.05) is 0 Å². The van der Waals surface area contributed by atoms with Crippen molar-refractivity contribution in [2.45, 2.75) is 38.3 Å². The fourth-order valence-electron chi connectivity index (χ4n) is 4.43. The largest absolute Gasteiger partial charge is 0.376 e. The van der Waals surface area contributed by atoms with Crippen molar-refractivity contribution in [3.05, 3.63) is 17.0 Å². The summed E-state index contributed by atoms with van der Waals surface area (Å²) in [5.74, 6) is 1.10. The predicted octanol–water partition coefficient (Wildman–Crippen LogP) is 0.811. The smallest absolute Gasteiger partial charge is 0.274 e. The molecule has 1 N–H and O–H groups in total. The Bertz CT molecular complexity index is 671. The number of fused-ring (bicyclic) bond motifs is 2. The van der Waals surface area contributed by atoms with Crippen molar-refractivity contribution in [2.75, 3.05) is 27.2 Å². The van der Waals surface area contributed by atoms with Gasteiger partial charge in [-0.05, 0) is 24.7 Å². The molecule has 0 spiro atoms. The van der Waals surface area contributed by atoms with Crippen molar-refractivity contribution in [1.29, 1.82) is 0 Å². The second-order valence-corrected chi connectivity index (χ2v) is 7.37. The number of aromatic nitrogens is 2. The molecule has 2 fully saturated rings. The average Bonchev–Trinajstić information content (AvgIpc) is 3.18. The van der Waals surface area contributed by atoms with Crippen LogP contribution >= 0.6 is 0 Å². The number of ether oxygens (including phenoxy) is 1. The van der Waals surface area contributed by atoms with E-state index < -0.39 is 0 Å². The van der Waals surface area contributed by atoms with Crippen molar-refractivity contribution in [3.8, 4) is 0 Å².